The Morgan fingerprint density at radius 2 is 1.57 bits per heavy atom. The first kappa shape index (κ1) is 14.9. The molecule has 23 heavy (non-hydrogen) atoms. The number of benzene rings is 2. The van der Waals surface area contributed by atoms with Crippen LogP contribution in [0.3, 0.4) is 0 Å². The number of aromatic nitrogens is 2. The van der Waals surface area contributed by atoms with Crippen molar-refractivity contribution in [2.75, 3.05) is 26.6 Å². The lowest BCUT2D eigenvalue weighted by Crippen LogP contribution is -1.99. The van der Waals surface area contributed by atoms with Crippen molar-refractivity contribution < 1.29 is 14.2 Å². The number of hydrogen-bond donors (Lipinski definition) is 1. The van der Waals surface area contributed by atoms with Crippen LogP contribution in [-0.2, 0) is 0 Å². The zero-order valence-corrected chi connectivity index (χ0v) is 13.2. The third kappa shape index (κ3) is 2.96. The maximum atomic E-state index is 5.39. The first-order valence-corrected chi connectivity index (χ1v) is 7.03. The number of ether oxygens (including phenoxy) is 3. The van der Waals surface area contributed by atoms with Gasteiger partial charge in [0.25, 0.3) is 0 Å². The zero-order chi connectivity index (χ0) is 16.2. The Hall–Kier alpha value is -3.02. The largest absolute Gasteiger partial charge is 0.497 e. The fourth-order valence-corrected chi connectivity index (χ4v) is 2.30. The summed E-state index contributed by atoms with van der Waals surface area (Å²) in [6, 6.07) is 11.2. The van der Waals surface area contributed by atoms with Gasteiger partial charge in [-0.05, 0) is 30.3 Å². The Morgan fingerprint density at radius 1 is 0.826 bits per heavy atom. The van der Waals surface area contributed by atoms with E-state index in [9.17, 15) is 0 Å². The van der Waals surface area contributed by atoms with Gasteiger partial charge in [0.1, 0.15) is 29.4 Å². The van der Waals surface area contributed by atoms with E-state index in [2.05, 4.69) is 15.3 Å². The van der Waals surface area contributed by atoms with Gasteiger partial charge in [-0.25, -0.2) is 9.97 Å². The molecular weight excluding hydrogens is 294 g/mol. The quantitative estimate of drug-likeness (QED) is 0.779. The SMILES string of the molecule is COc1ccc(OC)c(Nc2ncnc3ccc(OC)cc23)c1. The summed E-state index contributed by atoms with van der Waals surface area (Å²) in [4.78, 5) is 8.61. The van der Waals surface area contributed by atoms with Crippen LogP contribution in [0.4, 0.5) is 11.5 Å². The predicted octanol–water partition coefficient (Wildman–Crippen LogP) is 3.40. The Balaban J connectivity index is 2.07. The predicted molar refractivity (Wildman–Crippen MR) is 88.9 cm³/mol. The molecule has 3 aromatic rings. The molecule has 0 radical (unpaired) electrons. The monoisotopic (exact) mass is 311 g/mol. The maximum absolute atomic E-state index is 5.39. The third-order valence-electron chi connectivity index (χ3n) is 3.50. The molecule has 0 aliphatic rings. The molecule has 0 unspecified atom stereocenters. The topological polar surface area (TPSA) is 65.5 Å². The summed E-state index contributed by atoms with van der Waals surface area (Å²) in [7, 11) is 4.87. The van der Waals surface area contributed by atoms with E-state index in [-0.39, 0.29) is 0 Å². The summed E-state index contributed by atoms with van der Waals surface area (Å²) in [5.74, 6) is 2.83. The zero-order valence-electron chi connectivity index (χ0n) is 13.2. The number of nitrogens with zero attached hydrogens (tertiary/aromatic N) is 2. The smallest absolute Gasteiger partial charge is 0.142 e. The first-order chi connectivity index (χ1) is 11.2. The van der Waals surface area contributed by atoms with Gasteiger partial charge in [0.15, 0.2) is 0 Å². The molecule has 0 saturated carbocycles. The molecule has 1 aromatic heterocycles. The van der Waals surface area contributed by atoms with Crippen molar-refractivity contribution in [2.24, 2.45) is 0 Å². The van der Waals surface area contributed by atoms with Crippen molar-refractivity contribution in [3.8, 4) is 17.2 Å². The summed E-state index contributed by atoms with van der Waals surface area (Å²) < 4.78 is 15.9. The molecule has 0 aliphatic carbocycles. The van der Waals surface area contributed by atoms with E-state index in [1.807, 2.05) is 36.4 Å². The molecule has 0 fully saturated rings. The van der Waals surface area contributed by atoms with Crippen LogP contribution in [0.25, 0.3) is 10.9 Å². The van der Waals surface area contributed by atoms with Crippen molar-refractivity contribution in [1.82, 2.24) is 9.97 Å². The fourth-order valence-electron chi connectivity index (χ4n) is 2.30. The lowest BCUT2D eigenvalue weighted by molar-refractivity contribution is 0.405. The highest BCUT2D eigenvalue weighted by Gasteiger charge is 2.10. The molecule has 0 atom stereocenters. The van der Waals surface area contributed by atoms with E-state index in [1.54, 1.807) is 21.3 Å². The third-order valence-corrected chi connectivity index (χ3v) is 3.50. The summed E-state index contributed by atoms with van der Waals surface area (Å²) in [6.07, 6.45) is 1.52. The van der Waals surface area contributed by atoms with Gasteiger partial charge in [-0.1, -0.05) is 0 Å². The molecule has 0 bridgehead atoms. The number of fused-ring (bicyclic) bond motifs is 1. The summed E-state index contributed by atoms with van der Waals surface area (Å²) in [6.45, 7) is 0. The Labute approximate surface area is 134 Å². The van der Waals surface area contributed by atoms with Crippen LogP contribution in [0, 0.1) is 0 Å². The van der Waals surface area contributed by atoms with Crippen molar-refractivity contribution in [1.29, 1.82) is 0 Å². The average molecular weight is 311 g/mol. The standard InChI is InChI=1S/C17H17N3O3/c1-21-11-4-6-14-13(8-11)17(19-10-18-14)20-15-9-12(22-2)5-7-16(15)23-3/h4-10H,1-3H3,(H,18,19,20). The number of nitrogens with one attached hydrogen (secondary N) is 1. The van der Waals surface area contributed by atoms with Gasteiger partial charge in [0.05, 0.1) is 32.5 Å². The normalized spacial score (nSPS) is 10.4. The van der Waals surface area contributed by atoms with Crippen molar-refractivity contribution >= 4 is 22.4 Å². The molecule has 0 spiro atoms. The highest BCUT2D eigenvalue weighted by atomic mass is 16.5. The summed E-state index contributed by atoms with van der Waals surface area (Å²) >= 11 is 0. The molecule has 6 nitrogen and oxygen atoms in total. The van der Waals surface area contributed by atoms with Gasteiger partial charge in [-0.3, -0.25) is 0 Å². The van der Waals surface area contributed by atoms with Crippen molar-refractivity contribution in [2.45, 2.75) is 0 Å². The first-order valence-electron chi connectivity index (χ1n) is 7.03. The maximum Gasteiger partial charge on any atom is 0.142 e. The van der Waals surface area contributed by atoms with Gasteiger partial charge in [-0.15, -0.1) is 0 Å². The molecule has 1 N–H and O–H groups in total. The van der Waals surface area contributed by atoms with E-state index >= 15 is 0 Å². The minimum absolute atomic E-state index is 0.667. The minimum Gasteiger partial charge on any atom is -0.497 e. The van der Waals surface area contributed by atoms with E-state index in [1.165, 1.54) is 6.33 Å². The second-order valence-corrected chi connectivity index (χ2v) is 4.80. The van der Waals surface area contributed by atoms with Gasteiger partial charge in [-0.2, -0.15) is 0 Å². The molecule has 3 rings (SSSR count). The van der Waals surface area contributed by atoms with Crippen molar-refractivity contribution in [3.05, 3.63) is 42.7 Å². The van der Waals surface area contributed by atoms with E-state index < -0.39 is 0 Å². The molecule has 6 heteroatoms. The summed E-state index contributed by atoms with van der Waals surface area (Å²) in [5.41, 5.74) is 1.58. The van der Waals surface area contributed by atoms with E-state index in [0.29, 0.717) is 11.6 Å². The molecule has 0 saturated heterocycles. The molecular formula is C17H17N3O3. The Bertz CT molecular complexity index is 836. The van der Waals surface area contributed by atoms with Gasteiger partial charge >= 0.3 is 0 Å². The molecule has 0 aliphatic heterocycles. The molecule has 1 heterocycles. The van der Waals surface area contributed by atoms with E-state index in [4.69, 9.17) is 14.2 Å². The number of methoxy groups -OCH3 is 3. The van der Waals surface area contributed by atoms with Gasteiger partial charge in [0.2, 0.25) is 0 Å². The van der Waals surface area contributed by atoms with Gasteiger partial charge in [0, 0.05) is 11.5 Å². The van der Waals surface area contributed by atoms with Crippen LogP contribution in [-0.4, -0.2) is 31.3 Å². The molecule has 0 amide bonds. The minimum atomic E-state index is 0.667. The average Bonchev–Trinajstić information content (AvgIpc) is 2.61. The van der Waals surface area contributed by atoms with Crippen LogP contribution in [0.5, 0.6) is 17.2 Å². The van der Waals surface area contributed by atoms with Crippen LogP contribution in [0.2, 0.25) is 0 Å². The lowest BCUT2D eigenvalue weighted by Gasteiger charge is -2.13. The van der Waals surface area contributed by atoms with Gasteiger partial charge < -0.3 is 19.5 Å². The Kier molecular flexibility index (Phi) is 4.14. The highest BCUT2D eigenvalue weighted by Crippen LogP contribution is 2.33. The fraction of sp³-hybridized carbons (Fsp3) is 0.176. The number of anilines is 2. The van der Waals surface area contributed by atoms with Crippen molar-refractivity contribution in [3.63, 3.8) is 0 Å². The highest BCUT2D eigenvalue weighted by molar-refractivity contribution is 5.92. The second-order valence-electron chi connectivity index (χ2n) is 4.80. The van der Waals surface area contributed by atoms with E-state index in [0.717, 1.165) is 28.1 Å². The lowest BCUT2D eigenvalue weighted by atomic mass is 10.2. The second kappa shape index (κ2) is 6.39. The van der Waals surface area contributed by atoms with Crippen LogP contribution in [0.15, 0.2) is 42.7 Å². The number of hydrogen-bond acceptors (Lipinski definition) is 6. The van der Waals surface area contributed by atoms with Crippen LogP contribution in [0.1, 0.15) is 0 Å². The molecule has 118 valence electrons. The van der Waals surface area contributed by atoms with Crippen LogP contribution < -0.4 is 19.5 Å². The number of rotatable bonds is 5. The Morgan fingerprint density at radius 3 is 2.30 bits per heavy atom. The van der Waals surface area contributed by atoms with Crippen LogP contribution >= 0.6 is 0 Å². The summed E-state index contributed by atoms with van der Waals surface area (Å²) in [5, 5.41) is 4.14. The molecule has 2 aromatic carbocycles.